The van der Waals surface area contributed by atoms with Crippen molar-refractivity contribution in [2.45, 2.75) is 6.42 Å². The van der Waals surface area contributed by atoms with E-state index in [-0.39, 0.29) is 6.54 Å². The van der Waals surface area contributed by atoms with Crippen LogP contribution in [0.4, 0.5) is 0 Å². The third-order valence-corrected chi connectivity index (χ3v) is 4.13. The molecule has 1 heterocycles. The molecular weight excluding hydrogens is 334 g/mol. The Bertz CT molecular complexity index is 899. The molecule has 0 fully saturated rings. The number of ether oxygens (including phenoxy) is 1. The number of carboxylic acids is 1. The Hall–Kier alpha value is -3.41. The zero-order valence-electron chi connectivity index (χ0n) is 14.1. The Morgan fingerprint density at radius 1 is 1.04 bits per heavy atom. The molecule has 0 radical (unpaired) electrons. The molecule has 0 saturated carbocycles. The molecule has 1 aliphatic heterocycles. The number of carbonyl (C=O) groups excluding carboxylic acids is 3. The molecule has 2 amide bonds. The SMILES string of the molecule is COc1ccc(/C=C2\C(=O)N(CCC(=O)[O-])C(=O)c3ccccc32)cc1. The number of nitrogens with zero attached hydrogens (tertiary/aromatic N) is 1. The van der Waals surface area contributed by atoms with Crippen LogP contribution >= 0.6 is 0 Å². The summed E-state index contributed by atoms with van der Waals surface area (Å²) in [4.78, 5) is 37.1. The quantitative estimate of drug-likeness (QED) is 0.600. The van der Waals surface area contributed by atoms with Gasteiger partial charge in [-0.05, 0) is 35.4 Å². The van der Waals surface area contributed by atoms with Crippen molar-refractivity contribution >= 4 is 29.4 Å². The van der Waals surface area contributed by atoms with Crippen LogP contribution in [0.15, 0.2) is 48.5 Å². The minimum Gasteiger partial charge on any atom is -0.550 e. The van der Waals surface area contributed by atoms with Crippen molar-refractivity contribution in [2.24, 2.45) is 0 Å². The van der Waals surface area contributed by atoms with E-state index in [1.54, 1.807) is 61.7 Å². The number of fused-ring (bicyclic) bond motifs is 1. The first kappa shape index (κ1) is 17.4. The predicted octanol–water partition coefficient (Wildman–Crippen LogP) is 1.36. The summed E-state index contributed by atoms with van der Waals surface area (Å²) in [5.41, 5.74) is 2.00. The van der Waals surface area contributed by atoms with Crippen LogP contribution in [0.3, 0.4) is 0 Å². The second kappa shape index (κ2) is 7.23. The molecule has 1 aliphatic rings. The molecule has 0 N–H and O–H groups in total. The highest BCUT2D eigenvalue weighted by molar-refractivity contribution is 6.33. The van der Waals surface area contributed by atoms with E-state index >= 15 is 0 Å². The van der Waals surface area contributed by atoms with Gasteiger partial charge in [0.05, 0.1) is 7.11 Å². The number of carboxylic acid groups (broad SMARTS) is 1. The third kappa shape index (κ3) is 3.35. The highest BCUT2D eigenvalue weighted by atomic mass is 16.5. The maximum absolute atomic E-state index is 12.8. The molecule has 0 spiro atoms. The van der Waals surface area contributed by atoms with Gasteiger partial charge in [-0.2, -0.15) is 0 Å². The average Bonchev–Trinajstić information content (AvgIpc) is 2.65. The highest BCUT2D eigenvalue weighted by Gasteiger charge is 2.34. The van der Waals surface area contributed by atoms with Gasteiger partial charge in [-0.1, -0.05) is 30.3 Å². The van der Waals surface area contributed by atoms with Crippen molar-refractivity contribution in [3.05, 3.63) is 65.2 Å². The normalized spacial score (nSPS) is 15.1. The number of methoxy groups -OCH3 is 1. The first-order valence-electron chi connectivity index (χ1n) is 8.02. The summed E-state index contributed by atoms with van der Waals surface area (Å²) in [6.45, 7) is -0.228. The zero-order valence-corrected chi connectivity index (χ0v) is 14.1. The van der Waals surface area contributed by atoms with Crippen molar-refractivity contribution in [2.75, 3.05) is 13.7 Å². The molecular formula is C20H16NO5-. The van der Waals surface area contributed by atoms with E-state index in [0.29, 0.717) is 22.4 Å². The third-order valence-electron chi connectivity index (χ3n) is 4.13. The minimum atomic E-state index is -1.31. The number of benzene rings is 2. The molecule has 0 saturated heterocycles. The fourth-order valence-electron chi connectivity index (χ4n) is 2.82. The number of hydrogen-bond acceptors (Lipinski definition) is 5. The molecule has 6 heteroatoms. The van der Waals surface area contributed by atoms with Crippen molar-refractivity contribution < 1.29 is 24.2 Å². The lowest BCUT2D eigenvalue weighted by Crippen LogP contribution is -2.43. The van der Waals surface area contributed by atoms with E-state index in [9.17, 15) is 19.5 Å². The summed E-state index contributed by atoms with van der Waals surface area (Å²) < 4.78 is 5.12. The summed E-state index contributed by atoms with van der Waals surface area (Å²) in [6, 6.07) is 13.9. The number of aliphatic carboxylic acids is 1. The number of amides is 2. The highest BCUT2D eigenvalue weighted by Crippen LogP contribution is 2.30. The van der Waals surface area contributed by atoms with Crippen LogP contribution in [0, 0.1) is 0 Å². The van der Waals surface area contributed by atoms with E-state index in [1.807, 2.05) is 0 Å². The number of hydrogen-bond donors (Lipinski definition) is 0. The summed E-state index contributed by atoms with van der Waals surface area (Å²) in [7, 11) is 1.56. The van der Waals surface area contributed by atoms with Gasteiger partial charge >= 0.3 is 0 Å². The van der Waals surface area contributed by atoms with Crippen molar-refractivity contribution in [3.8, 4) is 5.75 Å². The van der Waals surface area contributed by atoms with Crippen LogP contribution in [0.5, 0.6) is 5.75 Å². The van der Waals surface area contributed by atoms with Crippen LogP contribution in [0.1, 0.15) is 27.9 Å². The second-order valence-electron chi connectivity index (χ2n) is 5.76. The molecule has 3 rings (SSSR count). The van der Waals surface area contributed by atoms with Crippen LogP contribution in [0.25, 0.3) is 11.6 Å². The van der Waals surface area contributed by atoms with E-state index < -0.39 is 24.2 Å². The molecule has 0 bridgehead atoms. The number of carbonyl (C=O) groups is 3. The smallest absolute Gasteiger partial charge is 0.261 e. The van der Waals surface area contributed by atoms with Gasteiger partial charge in [0.15, 0.2) is 0 Å². The van der Waals surface area contributed by atoms with Gasteiger partial charge < -0.3 is 14.6 Å². The summed E-state index contributed by atoms with van der Waals surface area (Å²) in [5, 5.41) is 10.7. The molecule has 6 nitrogen and oxygen atoms in total. The van der Waals surface area contributed by atoms with Crippen molar-refractivity contribution in [1.29, 1.82) is 0 Å². The van der Waals surface area contributed by atoms with E-state index in [0.717, 1.165) is 10.5 Å². The predicted molar refractivity (Wildman–Crippen MR) is 93.0 cm³/mol. The van der Waals surface area contributed by atoms with Crippen LogP contribution in [-0.2, 0) is 9.59 Å². The van der Waals surface area contributed by atoms with Crippen molar-refractivity contribution in [3.63, 3.8) is 0 Å². The molecule has 0 atom stereocenters. The summed E-state index contributed by atoms with van der Waals surface area (Å²) in [5.74, 6) is -1.65. The summed E-state index contributed by atoms with van der Waals surface area (Å²) >= 11 is 0. The zero-order chi connectivity index (χ0) is 18.7. The molecule has 0 unspecified atom stereocenters. The number of rotatable bonds is 5. The van der Waals surface area contributed by atoms with Gasteiger partial charge in [0.1, 0.15) is 5.75 Å². The maximum atomic E-state index is 12.8. The minimum absolute atomic E-state index is 0.228. The maximum Gasteiger partial charge on any atom is 0.261 e. The summed E-state index contributed by atoms with van der Waals surface area (Å²) in [6.07, 6.45) is 1.27. The molecule has 2 aromatic rings. The van der Waals surface area contributed by atoms with Gasteiger partial charge in [-0.25, -0.2) is 0 Å². The monoisotopic (exact) mass is 350 g/mol. The van der Waals surface area contributed by atoms with E-state index in [2.05, 4.69) is 0 Å². The lowest BCUT2D eigenvalue weighted by Gasteiger charge is -2.28. The van der Waals surface area contributed by atoms with Gasteiger partial charge in [0.2, 0.25) is 0 Å². The lowest BCUT2D eigenvalue weighted by atomic mass is 9.92. The second-order valence-corrected chi connectivity index (χ2v) is 5.76. The van der Waals surface area contributed by atoms with Crippen LogP contribution < -0.4 is 9.84 Å². The molecule has 2 aromatic carbocycles. The Balaban J connectivity index is 2.05. The first-order chi connectivity index (χ1) is 12.5. The number of imide groups is 1. The van der Waals surface area contributed by atoms with Gasteiger partial charge in [-0.3, -0.25) is 14.5 Å². The Morgan fingerprint density at radius 2 is 1.69 bits per heavy atom. The fourth-order valence-corrected chi connectivity index (χ4v) is 2.82. The fraction of sp³-hybridized carbons (Fsp3) is 0.150. The molecule has 132 valence electrons. The van der Waals surface area contributed by atoms with Gasteiger partial charge in [0, 0.05) is 30.1 Å². The standard InChI is InChI=1S/C20H17NO5/c1-26-14-8-6-13(7-9-14)12-17-15-4-2-3-5-16(15)19(24)21(20(17)25)11-10-18(22)23/h2-9,12H,10-11H2,1H3,(H,22,23)/p-1/b17-12-. The largest absolute Gasteiger partial charge is 0.550 e. The average molecular weight is 350 g/mol. The van der Waals surface area contributed by atoms with Crippen molar-refractivity contribution in [1.82, 2.24) is 4.90 Å². The Kier molecular flexibility index (Phi) is 4.84. The van der Waals surface area contributed by atoms with E-state index in [1.165, 1.54) is 0 Å². The van der Waals surface area contributed by atoms with Gasteiger partial charge in [-0.15, -0.1) is 0 Å². The Morgan fingerprint density at radius 3 is 2.31 bits per heavy atom. The van der Waals surface area contributed by atoms with Crippen LogP contribution in [0.2, 0.25) is 0 Å². The van der Waals surface area contributed by atoms with E-state index in [4.69, 9.17) is 4.74 Å². The molecule has 26 heavy (non-hydrogen) atoms. The molecule has 0 aliphatic carbocycles. The lowest BCUT2D eigenvalue weighted by molar-refractivity contribution is -0.305. The topological polar surface area (TPSA) is 86.7 Å². The van der Waals surface area contributed by atoms with Crippen LogP contribution in [-0.4, -0.2) is 36.3 Å². The first-order valence-corrected chi connectivity index (χ1v) is 8.02. The Labute approximate surface area is 150 Å². The molecule has 0 aromatic heterocycles. The van der Waals surface area contributed by atoms with Gasteiger partial charge in [0.25, 0.3) is 11.8 Å².